The molecule has 1 amide bonds. The number of hydrogen-bond donors (Lipinski definition) is 2. The number of aromatic hydroxyl groups is 1. The maximum absolute atomic E-state index is 12.9. The van der Waals surface area contributed by atoms with Gasteiger partial charge in [-0.25, -0.2) is 9.97 Å². The van der Waals surface area contributed by atoms with Gasteiger partial charge in [0.1, 0.15) is 12.3 Å². The van der Waals surface area contributed by atoms with Crippen molar-refractivity contribution in [3.63, 3.8) is 0 Å². The lowest BCUT2D eigenvalue weighted by molar-refractivity contribution is -0.116. The van der Waals surface area contributed by atoms with Gasteiger partial charge in [0.2, 0.25) is 5.91 Å². The van der Waals surface area contributed by atoms with Gasteiger partial charge in [0, 0.05) is 16.3 Å². The number of nitrogens with one attached hydrogen (secondary N) is 1. The van der Waals surface area contributed by atoms with Crippen molar-refractivity contribution in [3.05, 3.63) is 95.4 Å². The van der Waals surface area contributed by atoms with Crippen LogP contribution < -0.4 is 10.7 Å². The summed E-state index contributed by atoms with van der Waals surface area (Å²) in [4.78, 5) is 34.2. The predicted octanol–water partition coefficient (Wildman–Crippen LogP) is 3.96. The van der Waals surface area contributed by atoms with Crippen LogP contribution in [0, 0.1) is 0 Å². The van der Waals surface area contributed by atoms with Gasteiger partial charge < -0.3 is 15.0 Å². The van der Waals surface area contributed by atoms with Gasteiger partial charge in [0.25, 0.3) is 0 Å². The molecule has 2 heterocycles. The van der Waals surface area contributed by atoms with Crippen molar-refractivity contribution in [3.8, 4) is 17.1 Å². The van der Waals surface area contributed by atoms with Gasteiger partial charge in [0.15, 0.2) is 11.3 Å². The fraction of sp³-hybridized carbons (Fsp3) is 0.0400. The molecular formula is C25H18N4O3. The van der Waals surface area contributed by atoms with E-state index in [0.717, 1.165) is 0 Å². The summed E-state index contributed by atoms with van der Waals surface area (Å²) in [6, 6.07) is 21.2. The molecule has 156 valence electrons. The number of carbonyl (C=O) groups is 1. The highest BCUT2D eigenvalue weighted by atomic mass is 16.3. The molecule has 2 N–H and O–H groups in total. The third kappa shape index (κ3) is 3.56. The van der Waals surface area contributed by atoms with E-state index in [0.29, 0.717) is 38.9 Å². The SMILES string of the molecule is O=C(Cn1c2ccccc2c(=O)c2ccccc21)Nc1cnc(-c2cccc(O)c2)nc1. The Hall–Kier alpha value is -4.52. The number of carbonyl (C=O) groups excluding carboxylic acids is 1. The van der Waals surface area contributed by atoms with Crippen LogP contribution in [-0.4, -0.2) is 25.5 Å². The molecule has 7 nitrogen and oxygen atoms in total. The van der Waals surface area contributed by atoms with E-state index in [1.807, 2.05) is 41.0 Å². The Morgan fingerprint density at radius 1 is 0.875 bits per heavy atom. The van der Waals surface area contributed by atoms with Gasteiger partial charge in [-0.15, -0.1) is 0 Å². The average molecular weight is 422 g/mol. The van der Waals surface area contributed by atoms with Gasteiger partial charge in [-0.05, 0) is 36.4 Å². The minimum atomic E-state index is -0.266. The summed E-state index contributed by atoms with van der Waals surface area (Å²) < 4.78 is 1.84. The summed E-state index contributed by atoms with van der Waals surface area (Å²) in [6.45, 7) is 0.0234. The normalized spacial score (nSPS) is 11.0. The number of rotatable bonds is 4. The van der Waals surface area contributed by atoms with Crippen molar-refractivity contribution in [1.82, 2.24) is 14.5 Å². The van der Waals surface area contributed by atoms with Crippen LogP contribution in [0.2, 0.25) is 0 Å². The Morgan fingerprint density at radius 2 is 1.50 bits per heavy atom. The highest BCUT2D eigenvalue weighted by Gasteiger charge is 2.13. The van der Waals surface area contributed by atoms with E-state index in [9.17, 15) is 14.7 Å². The second-order valence-electron chi connectivity index (χ2n) is 7.34. The quantitative estimate of drug-likeness (QED) is 0.428. The monoisotopic (exact) mass is 422 g/mol. The van der Waals surface area contributed by atoms with Gasteiger partial charge in [-0.3, -0.25) is 9.59 Å². The van der Waals surface area contributed by atoms with Crippen molar-refractivity contribution in [2.24, 2.45) is 0 Å². The molecule has 0 saturated heterocycles. The van der Waals surface area contributed by atoms with Crippen LogP contribution >= 0.6 is 0 Å². The minimum Gasteiger partial charge on any atom is -0.508 e. The van der Waals surface area contributed by atoms with Crippen molar-refractivity contribution in [2.45, 2.75) is 6.54 Å². The molecule has 0 aliphatic heterocycles. The first-order valence-electron chi connectivity index (χ1n) is 10.0. The smallest absolute Gasteiger partial charge is 0.244 e. The number of pyridine rings is 1. The number of phenolic OH excluding ortho intramolecular Hbond substituents is 1. The molecule has 0 radical (unpaired) electrons. The number of phenols is 1. The number of amides is 1. The van der Waals surface area contributed by atoms with Gasteiger partial charge in [-0.2, -0.15) is 0 Å². The second kappa shape index (κ2) is 7.96. The number of hydrogen-bond acceptors (Lipinski definition) is 5. The zero-order valence-electron chi connectivity index (χ0n) is 16.9. The lowest BCUT2D eigenvalue weighted by atomic mass is 10.1. The van der Waals surface area contributed by atoms with E-state index in [-0.39, 0.29) is 23.6 Å². The fourth-order valence-corrected chi connectivity index (χ4v) is 3.78. The maximum Gasteiger partial charge on any atom is 0.244 e. The lowest BCUT2D eigenvalue weighted by Gasteiger charge is -2.15. The predicted molar refractivity (Wildman–Crippen MR) is 123 cm³/mol. The zero-order valence-corrected chi connectivity index (χ0v) is 16.9. The molecule has 5 aromatic rings. The van der Waals surface area contributed by atoms with Crippen molar-refractivity contribution in [2.75, 3.05) is 5.32 Å². The molecule has 0 unspecified atom stereocenters. The Bertz CT molecular complexity index is 1460. The van der Waals surface area contributed by atoms with Gasteiger partial charge in [-0.1, -0.05) is 36.4 Å². The number of aromatic nitrogens is 3. The first-order chi connectivity index (χ1) is 15.6. The van der Waals surface area contributed by atoms with E-state index in [2.05, 4.69) is 15.3 Å². The molecule has 0 spiro atoms. The van der Waals surface area contributed by atoms with Crippen LogP contribution in [0.5, 0.6) is 5.75 Å². The number of fused-ring (bicyclic) bond motifs is 2. The van der Waals surface area contributed by atoms with Gasteiger partial charge in [0.05, 0.1) is 29.1 Å². The highest BCUT2D eigenvalue weighted by Crippen LogP contribution is 2.21. The fourth-order valence-electron chi connectivity index (χ4n) is 3.78. The highest BCUT2D eigenvalue weighted by molar-refractivity contribution is 5.97. The number of nitrogens with zero attached hydrogens (tertiary/aromatic N) is 3. The molecule has 3 aromatic carbocycles. The Labute approximate surface area is 182 Å². The van der Waals surface area contributed by atoms with Crippen LogP contribution in [-0.2, 0) is 11.3 Å². The summed E-state index contributed by atoms with van der Waals surface area (Å²) >= 11 is 0. The molecule has 5 rings (SSSR count). The summed E-state index contributed by atoms with van der Waals surface area (Å²) in [5.41, 5.74) is 2.47. The largest absolute Gasteiger partial charge is 0.508 e. The molecule has 0 aliphatic carbocycles. The number of para-hydroxylation sites is 2. The summed E-state index contributed by atoms with van der Waals surface area (Å²) in [5, 5.41) is 13.6. The molecule has 32 heavy (non-hydrogen) atoms. The number of anilines is 1. The van der Waals surface area contributed by atoms with Crippen LogP contribution in [0.15, 0.2) is 90.0 Å². The molecule has 0 aliphatic rings. The Morgan fingerprint density at radius 3 is 2.12 bits per heavy atom. The Balaban J connectivity index is 1.44. The average Bonchev–Trinajstić information content (AvgIpc) is 2.82. The third-order valence-electron chi connectivity index (χ3n) is 5.22. The molecule has 0 bridgehead atoms. The third-order valence-corrected chi connectivity index (χ3v) is 5.22. The number of benzene rings is 3. The van der Waals surface area contributed by atoms with Crippen LogP contribution in [0.4, 0.5) is 5.69 Å². The zero-order chi connectivity index (χ0) is 22.1. The minimum absolute atomic E-state index is 0.0234. The summed E-state index contributed by atoms with van der Waals surface area (Å²) in [7, 11) is 0. The Kier molecular flexibility index (Phi) is 4.84. The molecule has 2 aromatic heterocycles. The van der Waals surface area contributed by atoms with E-state index in [4.69, 9.17) is 0 Å². The van der Waals surface area contributed by atoms with E-state index >= 15 is 0 Å². The molecule has 7 heteroatoms. The van der Waals surface area contributed by atoms with Gasteiger partial charge >= 0.3 is 0 Å². The first-order valence-corrected chi connectivity index (χ1v) is 10.0. The lowest BCUT2D eigenvalue weighted by Crippen LogP contribution is -2.21. The van der Waals surface area contributed by atoms with Crippen molar-refractivity contribution < 1.29 is 9.90 Å². The van der Waals surface area contributed by atoms with E-state index < -0.39 is 0 Å². The van der Waals surface area contributed by atoms with E-state index in [1.54, 1.807) is 36.4 Å². The van der Waals surface area contributed by atoms with Crippen LogP contribution in [0.25, 0.3) is 33.2 Å². The van der Waals surface area contributed by atoms with Crippen molar-refractivity contribution >= 4 is 33.4 Å². The molecule has 0 atom stereocenters. The topological polar surface area (TPSA) is 97.1 Å². The van der Waals surface area contributed by atoms with Crippen molar-refractivity contribution in [1.29, 1.82) is 0 Å². The van der Waals surface area contributed by atoms with E-state index in [1.165, 1.54) is 12.4 Å². The maximum atomic E-state index is 12.9. The second-order valence-corrected chi connectivity index (χ2v) is 7.34. The van der Waals surface area contributed by atoms with Crippen LogP contribution in [0.1, 0.15) is 0 Å². The molecule has 0 saturated carbocycles. The standard InChI is InChI=1S/C25H18N4O3/c30-18-7-5-6-16(12-18)25-26-13-17(14-27-25)28-23(31)15-29-21-10-3-1-8-19(21)24(32)20-9-2-4-11-22(20)29/h1-14,30H,15H2,(H,28,31). The summed E-state index contributed by atoms with van der Waals surface area (Å²) in [5.74, 6) is 0.304. The molecular weight excluding hydrogens is 404 g/mol. The summed E-state index contributed by atoms with van der Waals surface area (Å²) in [6.07, 6.45) is 3.04. The molecule has 0 fully saturated rings. The van der Waals surface area contributed by atoms with Crippen LogP contribution in [0.3, 0.4) is 0 Å². The first kappa shape index (κ1) is 19.4.